The second-order valence-corrected chi connectivity index (χ2v) is 4.35. The Labute approximate surface area is 112 Å². The van der Waals surface area contributed by atoms with E-state index in [2.05, 4.69) is 27.7 Å². The summed E-state index contributed by atoms with van der Waals surface area (Å²) in [5, 5.41) is 15.9. The van der Waals surface area contributed by atoms with Gasteiger partial charge in [0, 0.05) is 25.8 Å². The van der Waals surface area contributed by atoms with Crippen molar-refractivity contribution in [2.75, 3.05) is 26.8 Å². The third-order valence-corrected chi connectivity index (χ3v) is 2.78. The summed E-state index contributed by atoms with van der Waals surface area (Å²) in [6.45, 7) is 4.36. The minimum absolute atomic E-state index is 0.154. The molecule has 19 heavy (non-hydrogen) atoms. The Hall–Kier alpha value is -1.79. The molecule has 0 saturated heterocycles. The number of nitrogens with one attached hydrogen (secondary N) is 1. The Morgan fingerprint density at radius 3 is 2.84 bits per heavy atom. The van der Waals surface area contributed by atoms with Crippen molar-refractivity contribution in [2.24, 2.45) is 0 Å². The van der Waals surface area contributed by atoms with Crippen LogP contribution in [0.3, 0.4) is 0 Å². The van der Waals surface area contributed by atoms with Gasteiger partial charge in [0.25, 0.3) is 0 Å². The number of hydrogen-bond donors (Lipinski definition) is 1. The minimum Gasteiger partial charge on any atom is -0.383 e. The molecule has 0 aliphatic rings. The van der Waals surface area contributed by atoms with Gasteiger partial charge in [-0.3, -0.25) is 0 Å². The van der Waals surface area contributed by atoms with Crippen molar-refractivity contribution in [3.05, 3.63) is 30.3 Å². The monoisotopic (exact) mass is 261 g/mol. The van der Waals surface area contributed by atoms with Gasteiger partial charge in [-0.05, 0) is 12.1 Å². The number of ether oxygens (including phenoxy) is 1. The lowest BCUT2D eigenvalue weighted by Crippen LogP contribution is -2.27. The van der Waals surface area contributed by atoms with Crippen LogP contribution in [0.1, 0.15) is 13.0 Å². The van der Waals surface area contributed by atoms with E-state index in [9.17, 15) is 0 Å². The Kier molecular flexibility index (Phi) is 5.00. The molecule has 6 heteroatoms. The zero-order valence-corrected chi connectivity index (χ0v) is 11.3. The van der Waals surface area contributed by atoms with E-state index < -0.39 is 0 Å². The average molecular weight is 261 g/mol. The van der Waals surface area contributed by atoms with Gasteiger partial charge in [-0.1, -0.05) is 30.3 Å². The first-order valence-electron chi connectivity index (χ1n) is 6.36. The molecule has 0 bridgehead atoms. The molecule has 2 rings (SSSR count). The molecule has 1 atom stereocenters. The number of hydrogen-bond acceptors (Lipinski definition) is 5. The number of tetrazole rings is 1. The van der Waals surface area contributed by atoms with E-state index in [1.54, 1.807) is 11.9 Å². The Morgan fingerprint density at radius 1 is 1.32 bits per heavy atom. The van der Waals surface area contributed by atoms with Gasteiger partial charge < -0.3 is 10.1 Å². The highest BCUT2D eigenvalue weighted by Gasteiger charge is 2.10. The third-order valence-electron chi connectivity index (χ3n) is 2.78. The van der Waals surface area contributed by atoms with Gasteiger partial charge in [0.1, 0.15) is 0 Å². The van der Waals surface area contributed by atoms with Gasteiger partial charge in [0.15, 0.2) is 0 Å². The van der Waals surface area contributed by atoms with Crippen LogP contribution in [0.4, 0.5) is 0 Å². The normalized spacial score (nSPS) is 12.5. The second-order valence-electron chi connectivity index (χ2n) is 4.35. The highest BCUT2D eigenvalue weighted by atomic mass is 16.5. The predicted octanol–water partition coefficient (Wildman–Crippen LogP) is 1.14. The molecule has 1 aromatic heterocycles. The van der Waals surface area contributed by atoms with E-state index in [1.807, 2.05) is 30.3 Å². The lowest BCUT2D eigenvalue weighted by Gasteiger charge is -2.10. The molecule has 1 aromatic carbocycles. The predicted molar refractivity (Wildman–Crippen MR) is 72.7 cm³/mol. The van der Waals surface area contributed by atoms with E-state index in [0.717, 1.165) is 18.7 Å². The number of nitrogens with zero attached hydrogens (tertiary/aromatic N) is 4. The lowest BCUT2D eigenvalue weighted by molar-refractivity contribution is 0.197. The molecule has 0 aliphatic carbocycles. The maximum absolute atomic E-state index is 4.98. The van der Waals surface area contributed by atoms with Crippen molar-refractivity contribution in [2.45, 2.75) is 13.0 Å². The van der Waals surface area contributed by atoms with Gasteiger partial charge in [-0.2, -0.15) is 4.80 Å². The molecule has 1 unspecified atom stereocenters. The van der Waals surface area contributed by atoms with Crippen LogP contribution < -0.4 is 5.32 Å². The number of aromatic nitrogens is 4. The van der Waals surface area contributed by atoms with Crippen LogP contribution in [0, 0.1) is 0 Å². The summed E-state index contributed by atoms with van der Waals surface area (Å²) in [5.41, 5.74) is 0.980. The molecule has 0 radical (unpaired) electrons. The number of methoxy groups -OCH3 is 1. The topological polar surface area (TPSA) is 64.9 Å². The molecular weight excluding hydrogens is 242 g/mol. The second kappa shape index (κ2) is 6.96. The molecule has 0 aliphatic heterocycles. The molecule has 1 heterocycles. The van der Waals surface area contributed by atoms with Gasteiger partial charge in [-0.15, -0.1) is 10.2 Å². The summed E-state index contributed by atoms with van der Waals surface area (Å²) in [6, 6.07) is 10.0. The number of benzene rings is 1. The smallest absolute Gasteiger partial charge is 0.204 e. The number of rotatable bonds is 7. The zero-order valence-electron chi connectivity index (χ0n) is 11.3. The summed E-state index contributed by atoms with van der Waals surface area (Å²) in [6.07, 6.45) is 0. The van der Waals surface area contributed by atoms with E-state index >= 15 is 0 Å². The van der Waals surface area contributed by atoms with Gasteiger partial charge in [0.2, 0.25) is 5.82 Å². The fourth-order valence-corrected chi connectivity index (χ4v) is 1.68. The van der Waals surface area contributed by atoms with Crippen molar-refractivity contribution in [3.8, 4) is 11.4 Å². The molecule has 102 valence electrons. The molecule has 0 amide bonds. The van der Waals surface area contributed by atoms with Gasteiger partial charge >= 0.3 is 0 Å². The van der Waals surface area contributed by atoms with Gasteiger partial charge in [-0.25, -0.2) is 0 Å². The molecule has 6 nitrogen and oxygen atoms in total. The SMILES string of the molecule is COCCNCC(C)n1nnc(-c2ccccc2)n1. The summed E-state index contributed by atoms with van der Waals surface area (Å²) in [4.78, 5) is 1.64. The first kappa shape index (κ1) is 13.6. The van der Waals surface area contributed by atoms with Crippen molar-refractivity contribution >= 4 is 0 Å². The highest BCUT2D eigenvalue weighted by Crippen LogP contribution is 2.13. The third kappa shape index (κ3) is 3.84. The van der Waals surface area contributed by atoms with Crippen LogP contribution in [0.25, 0.3) is 11.4 Å². The largest absolute Gasteiger partial charge is 0.383 e. The van der Waals surface area contributed by atoms with Crippen LogP contribution in [-0.4, -0.2) is 47.0 Å². The standard InChI is InChI=1S/C13H19N5O/c1-11(10-14-8-9-19-2)18-16-13(15-17-18)12-6-4-3-5-7-12/h3-7,11,14H,8-10H2,1-2H3. The van der Waals surface area contributed by atoms with E-state index in [1.165, 1.54) is 0 Å². The Balaban J connectivity index is 1.93. The maximum atomic E-state index is 4.98. The van der Waals surface area contributed by atoms with E-state index in [-0.39, 0.29) is 6.04 Å². The van der Waals surface area contributed by atoms with Crippen LogP contribution in [0.2, 0.25) is 0 Å². The first-order valence-corrected chi connectivity index (χ1v) is 6.36. The highest BCUT2D eigenvalue weighted by molar-refractivity contribution is 5.52. The molecule has 0 spiro atoms. The molecular formula is C13H19N5O. The van der Waals surface area contributed by atoms with Crippen LogP contribution in [0.15, 0.2) is 30.3 Å². The molecule has 1 N–H and O–H groups in total. The molecule has 2 aromatic rings. The van der Waals surface area contributed by atoms with E-state index in [4.69, 9.17) is 4.74 Å². The average Bonchev–Trinajstić information content (AvgIpc) is 2.94. The van der Waals surface area contributed by atoms with Crippen molar-refractivity contribution in [3.63, 3.8) is 0 Å². The molecule has 0 saturated carbocycles. The maximum Gasteiger partial charge on any atom is 0.204 e. The first-order chi connectivity index (χ1) is 9.31. The fraction of sp³-hybridized carbons (Fsp3) is 0.462. The quantitative estimate of drug-likeness (QED) is 0.757. The van der Waals surface area contributed by atoms with Crippen LogP contribution in [0.5, 0.6) is 0 Å². The zero-order chi connectivity index (χ0) is 13.5. The van der Waals surface area contributed by atoms with Crippen LogP contribution >= 0.6 is 0 Å². The molecule has 0 fully saturated rings. The van der Waals surface area contributed by atoms with Crippen molar-refractivity contribution < 1.29 is 4.74 Å². The summed E-state index contributed by atoms with van der Waals surface area (Å²) in [5.74, 6) is 0.657. The summed E-state index contributed by atoms with van der Waals surface area (Å²) in [7, 11) is 1.69. The lowest BCUT2D eigenvalue weighted by atomic mass is 10.2. The summed E-state index contributed by atoms with van der Waals surface area (Å²) >= 11 is 0. The summed E-state index contributed by atoms with van der Waals surface area (Å²) < 4.78 is 4.98. The van der Waals surface area contributed by atoms with Crippen molar-refractivity contribution in [1.82, 2.24) is 25.5 Å². The van der Waals surface area contributed by atoms with E-state index in [0.29, 0.717) is 12.4 Å². The Bertz CT molecular complexity index is 485. The fourth-order valence-electron chi connectivity index (χ4n) is 1.68. The van der Waals surface area contributed by atoms with Gasteiger partial charge in [0.05, 0.1) is 12.6 Å². The van der Waals surface area contributed by atoms with Crippen molar-refractivity contribution in [1.29, 1.82) is 0 Å². The minimum atomic E-state index is 0.154. The van der Waals surface area contributed by atoms with Crippen LogP contribution in [-0.2, 0) is 4.74 Å². The Morgan fingerprint density at radius 2 is 2.11 bits per heavy atom.